The molecular formula is C31H38Cl2N6O2. The number of amides is 1. The van der Waals surface area contributed by atoms with Crippen molar-refractivity contribution >= 4 is 46.4 Å². The van der Waals surface area contributed by atoms with E-state index in [2.05, 4.69) is 60.1 Å². The van der Waals surface area contributed by atoms with Gasteiger partial charge in [-0.2, -0.15) is 9.61 Å². The molecule has 0 saturated heterocycles. The Balaban J connectivity index is 1.70. The highest BCUT2D eigenvalue weighted by atomic mass is 35.5. The third-order valence-electron chi connectivity index (χ3n) is 6.82. The summed E-state index contributed by atoms with van der Waals surface area (Å²) in [6, 6.07) is 17.2. The van der Waals surface area contributed by atoms with Crippen molar-refractivity contribution in [3.8, 4) is 11.3 Å². The van der Waals surface area contributed by atoms with Crippen LogP contribution in [0.5, 0.6) is 0 Å². The number of carbonyl (C=O) groups is 1. The van der Waals surface area contributed by atoms with Crippen LogP contribution in [0, 0.1) is 0 Å². The summed E-state index contributed by atoms with van der Waals surface area (Å²) in [5.74, 6) is 0.510. The van der Waals surface area contributed by atoms with Crippen LogP contribution in [0.2, 0.25) is 10.0 Å². The smallest absolute Gasteiger partial charge is 0.416 e. The molecule has 4 rings (SSSR count). The maximum absolute atomic E-state index is 13.6. The molecule has 1 amide bonds. The van der Waals surface area contributed by atoms with E-state index < -0.39 is 11.7 Å². The molecule has 2 heterocycles. The van der Waals surface area contributed by atoms with Gasteiger partial charge in [-0.1, -0.05) is 55.2 Å². The SMILES string of the molecule is CCN(CC)CCN(C)c1ccc(-c2cc(N(Cc3ccc(Cl)cc3Cl)C(=O)OC(C)(C)C)n3nccc3n2)cc1. The minimum Gasteiger partial charge on any atom is -0.443 e. The minimum atomic E-state index is -0.703. The number of aromatic nitrogens is 3. The Morgan fingerprint density at radius 1 is 0.976 bits per heavy atom. The molecule has 0 unspecified atom stereocenters. The highest BCUT2D eigenvalue weighted by molar-refractivity contribution is 6.35. The van der Waals surface area contributed by atoms with Crippen LogP contribution in [0.1, 0.15) is 40.2 Å². The van der Waals surface area contributed by atoms with Crippen molar-refractivity contribution in [3.63, 3.8) is 0 Å². The van der Waals surface area contributed by atoms with Gasteiger partial charge in [0.15, 0.2) is 5.65 Å². The molecule has 0 radical (unpaired) electrons. The van der Waals surface area contributed by atoms with Gasteiger partial charge in [-0.25, -0.2) is 9.78 Å². The van der Waals surface area contributed by atoms with Crippen LogP contribution in [0.15, 0.2) is 60.8 Å². The van der Waals surface area contributed by atoms with Gasteiger partial charge < -0.3 is 14.5 Å². The number of hydrogen-bond donors (Lipinski definition) is 0. The second kappa shape index (κ2) is 13.1. The zero-order valence-corrected chi connectivity index (χ0v) is 26.1. The van der Waals surface area contributed by atoms with Crippen molar-refractivity contribution in [1.29, 1.82) is 0 Å². The molecule has 0 aliphatic carbocycles. The van der Waals surface area contributed by atoms with Crippen LogP contribution in [0.25, 0.3) is 16.9 Å². The molecule has 0 spiro atoms. The predicted octanol–water partition coefficient (Wildman–Crippen LogP) is 7.42. The molecule has 0 N–H and O–H groups in total. The summed E-state index contributed by atoms with van der Waals surface area (Å²) < 4.78 is 7.44. The van der Waals surface area contributed by atoms with Crippen molar-refractivity contribution in [3.05, 3.63) is 76.4 Å². The average Bonchev–Trinajstić information content (AvgIpc) is 3.41. The van der Waals surface area contributed by atoms with E-state index in [1.54, 1.807) is 28.9 Å². The summed E-state index contributed by atoms with van der Waals surface area (Å²) in [6.45, 7) is 14.0. The largest absolute Gasteiger partial charge is 0.443 e. The fourth-order valence-corrected chi connectivity index (χ4v) is 4.93. The quantitative estimate of drug-likeness (QED) is 0.190. The first-order valence-electron chi connectivity index (χ1n) is 13.8. The molecule has 8 nitrogen and oxygen atoms in total. The molecule has 0 aliphatic heterocycles. The first-order valence-corrected chi connectivity index (χ1v) is 14.6. The molecule has 4 aromatic rings. The molecule has 10 heteroatoms. The third kappa shape index (κ3) is 7.70. The second-order valence-corrected chi connectivity index (χ2v) is 11.7. The van der Waals surface area contributed by atoms with Crippen molar-refractivity contribution in [2.45, 2.75) is 46.8 Å². The summed E-state index contributed by atoms with van der Waals surface area (Å²) in [5, 5.41) is 5.43. The molecule has 0 fully saturated rings. The lowest BCUT2D eigenvalue weighted by Crippen LogP contribution is -2.37. The van der Waals surface area contributed by atoms with E-state index in [9.17, 15) is 4.79 Å². The van der Waals surface area contributed by atoms with Gasteiger partial charge in [-0.3, -0.25) is 4.90 Å². The lowest BCUT2D eigenvalue weighted by Gasteiger charge is -2.28. The van der Waals surface area contributed by atoms with Gasteiger partial charge in [0.05, 0.1) is 18.4 Å². The second-order valence-electron chi connectivity index (χ2n) is 10.9. The summed E-state index contributed by atoms with van der Waals surface area (Å²) in [7, 11) is 2.10. The monoisotopic (exact) mass is 596 g/mol. The first kappa shape index (κ1) is 30.6. The molecule has 41 heavy (non-hydrogen) atoms. The zero-order chi connectivity index (χ0) is 29.7. The Kier molecular flexibility index (Phi) is 9.79. The number of halogens is 2. The molecule has 218 valence electrons. The molecule has 0 saturated carbocycles. The summed E-state index contributed by atoms with van der Waals surface area (Å²) in [6.07, 6.45) is 1.13. The van der Waals surface area contributed by atoms with Crippen molar-refractivity contribution in [2.75, 3.05) is 43.0 Å². The van der Waals surface area contributed by atoms with E-state index in [0.717, 1.165) is 43.0 Å². The molecule has 0 bridgehead atoms. The van der Waals surface area contributed by atoms with E-state index in [1.165, 1.54) is 4.90 Å². The van der Waals surface area contributed by atoms with E-state index in [-0.39, 0.29) is 6.54 Å². The standard InChI is InChI=1S/C31H38Cl2N6O2/c1-7-37(8-2)18-17-36(6)25-13-10-22(11-14-25)27-20-29(39-28(35-27)15-16-34-39)38(30(40)41-31(3,4)5)21-23-9-12-24(32)19-26(23)33/h9-16,19-20H,7-8,17-18,21H2,1-6H3. The van der Waals surface area contributed by atoms with Gasteiger partial charge >= 0.3 is 6.09 Å². The molecule has 0 atom stereocenters. The molecule has 2 aromatic carbocycles. The summed E-state index contributed by atoms with van der Waals surface area (Å²) in [4.78, 5) is 24.6. The number of anilines is 2. The van der Waals surface area contributed by atoms with Crippen LogP contribution in [-0.2, 0) is 11.3 Å². The van der Waals surface area contributed by atoms with Crippen LogP contribution in [-0.4, -0.2) is 64.4 Å². The van der Waals surface area contributed by atoms with Gasteiger partial charge in [0.1, 0.15) is 11.4 Å². The number of nitrogens with zero attached hydrogens (tertiary/aromatic N) is 6. The number of ether oxygens (including phenoxy) is 1. The fourth-order valence-electron chi connectivity index (χ4n) is 4.46. The Morgan fingerprint density at radius 2 is 1.68 bits per heavy atom. The van der Waals surface area contributed by atoms with Gasteiger partial charge in [-0.15, -0.1) is 0 Å². The van der Waals surface area contributed by atoms with Crippen molar-refractivity contribution in [2.24, 2.45) is 0 Å². The van der Waals surface area contributed by atoms with E-state index in [4.69, 9.17) is 32.9 Å². The zero-order valence-electron chi connectivity index (χ0n) is 24.6. The summed E-state index contributed by atoms with van der Waals surface area (Å²) in [5.41, 5.74) is 3.38. The van der Waals surface area contributed by atoms with Gasteiger partial charge in [0.25, 0.3) is 0 Å². The minimum absolute atomic E-state index is 0.152. The van der Waals surface area contributed by atoms with Crippen molar-refractivity contribution in [1.82, 2.24) is 19.5 Å². The highest BCUT2D eigenvalue weighted by Crippen LogP contribution is 2.30. The number of fused-ring (bicyclic) bond motifs is 1. The Hall–Kier alpha value is -3.33. The molecule has 0 aliphatic rings. The number of benzene rings is 2. The Morgan fingerprint density at radius 3 is 2.32 bits per heavy atom. The van der Waals surface area contributed by atoms with Gasteiger partial charge in [-0.05, 0) is 63.7 Å². The van der Waals surface area contributed by atoms with Gasteiger partial charge in [0, 0.05) is 53.6 Å². The predicted molar refractivity (Wildman–Crippen MR) is 168 cm³/mol. The lowest BCUT2D eigenvalue weighted by atomic mass is 10.1. The van der Waals surface area contributed by atoms with E-state index in [0.29, 0.717) is 27.2 Å². The van der Waals surface area contributed by atoms with Gasteiger partial charge in [0.2, 0.25) is 0 Å². The average molecular weight is 598 g/mol. The number of carbonyl (C=O) groups excluding carboxylic acids is 1. The van der Waals surface area contributed by atoms with Crippen molar-refractivity contribution < 1.29 is 9.53 Å². The van der Waals surface area contributed by atoms with Crippen LogP contribution < -0.4 is 9.80 Å². The molecule has 2 aromatic heterocycles. The van der Waals surface area contributed by atoms with Crippen LogP contribution in [0.4, 0.5) is 16.3 Å². The number of rotatable bonds is 10. The van der Waals surface area contributed by atoms with E-state index in [1.807, 2.05) is 32.9 Å². The summed E-state index contributed by atoms with van der Waals surface area (Å²) >= 11 is 12.6. The lowest BCUT2D eigenvalue weighted by molar-refractivity contribution is 0.0575. The first-order chi connectivity index (χ1) is 19.5. The third-order valence-corrected chi connectivity index (χ3v) is 7.41. The Bertz CT molecular complexity index is 1480. The topological polar surface area (TPSA) is 66.2 Å². The van der Waals surface area contributed by atoms with Crippen LogP contribution >= 0.6 is 23.2 Å². The maximum Gasteiger partial charge on any atom is 0.416 e. The van der Waals surface area contributed by atoms with Crippen LogP contribution in [0.3, 0.4) is 0 Å². The fraction of sp³-hybridized carbons (Fsp3) is 0.387. The molecular weight excluding hydrogens is 559 g/mol. The van der Waals surface area contributed by atoms with E-state index >= 15 is 0 Å². The highest BCUT2D eigenvalue weighted by Gasteiger charge is 2.27. The number of likely N-dealkylation sites (N-methyl/N-ethyl adjacent to an activating group) is 2. The maximum atomic E-state index is 13.6. The normalized spacial score (nSPS) is 11.7. The number of hydrogen-bond acceptors (Lipinski definition) is 6. The Labute approximate surface area is 252 Å².